The van der Waals surface area contributed by atoms with Crippen LogP contribution < -0.4 is 10.6 Å². The molecule has 6 heteroatoms. The van der Waals surface area contributed by atoms with E-state index in [9.17, 15) is 9.90 Å². The number of nitrogens with zero attached hydrogens (tertiary/aromatic N) is 2. The zero-order valence-corrected chi connectivity index (χ0v) is 15.6. The van der Waals surface area contributed by atoms with E-state index in [1.165, 1.54) is 5.56 Å². The highest BCUT2D eigenvalue weighted by molar-refractivity contribution is 5.82. The van der Waals surface area contributed by atoms with Crippen LogP contribution in [-0.4, -0.2) is 39.5 Å². The van der Waals surface area contributed by atoms with Crippen molar-refractivity contribution in [2.75, 3.05) is 6.54 Å². The summed E-state index contributed by atoms with van der Waals surface area (Å²) in [5, 5.41) is 20.4. The highest BCUT2D eigenvalue weighted by atomic mass is 16.3. The van der Waals surface area contributed by atoms with E-state index < -0.39 is 6.10 Å². The van der Waals surface area contributed by atoms with Gasteiger partial charge in [0, 0.05) is 30.4 Å². The molecule has 2 atom stereocenters. The normalized spacial score (nSPS) is 18.9. The van der Waals surface area contributed by atoms with E-state index in [4.69, 9.17) is 5.10 Å². The van der Waals surface area contributed by atoms with E-state index in [0.29, 0.717) is 26.1 Å². The molecule has 3 N–H and O–H groups in total. The van der Waals surface area contributed by atoms with Gasteiger partial charge in [-0.3, -0.25) is 9.48 Å². The van der Waals surface area contributed by atoms with Gasteiger partial charge in [-0.2, -0.15) is 5.10 Å². The van der Waals surface area contributed by atoms with Gasteiger partial charge >= 0.3 is 0 Å². The lowest BCUT2D eigenvalue weighted by Gasteiger charge is -2.11. The zero-order valence-electron chi connectivity index (χ0n) is 15.6. The number of aliphatic hydroxyl groups excluding tert-OH is 1. The van der Waals surface area contributed by atoms with Crippen LogP contribution in [0.25, 0.3) is 11.3 Å². The average Bonchev–Trinajstić information content (AvgIpc) is 3.34. The van der Waals surface area contributed by atoms with Gasteiger partial charge in [-0.15, -0.1) is 0 Å². The maximum atomic E-state index is 12.4. The van der Waals surface area contributed by atoms with E-state index >= 15 is 0 Å². The van der Waals surface area contributed by atoms with Crippen molar-refractivity contribution in [1.82, 2.24) is 20.4 Å². The Kier molecular flexibility index (Phi) is 5.50. The molecule has 0 bridgehead atoms. The fourth-order valence-electron chi connectivity index (χ4n) is 3.50. The number of aliphatic hydroxyl groups is 1. The Labute approximate surface area is 164 Å². The van der Waals surface area contributed by atoms with Crippen molar-refractivity contribution in [3.63, 3.8) is 0 Å². The Morgan fingerprint density at radius 2 is 1.86 bits per heavy atom. The quantitative estimate of drug-likeness (QED) is 0.614. The molecule has 1 amide bonds. The molecule has 1 aliphatic heterocycles. The van der Waals surface area contributed by atoms with Crippen molar-refractivity contribution in [3.8, 4) is 11.3 Å². The molecule has 6 nitrogen and oxygen atoms in total. The van der Waals surface area contributed by atoms with Crippen LogP contribution in [0.1, 0.15) is 17.5 Å². The summed E-state index contributed by atoms with van der Waals surface area (Å²) in [5.41, 5.74) is 4.03. The highest BCUT2D eigenvalue weighted by Gasteiger charge is 2.28. The first kappa shape index (κ1) is 18.4. The molecular formula is C22H24N4O2. The summed E-state index contributed by atoms with van der Waals surface area (Å²) in [6, 6.07) is 19.8. The summed E-state index contributed by atoms with van der Waals surface area (Å²) in [5.74, 6) is -0.0913. The number of β-amino-alcohol motifs (C(OH)–C–C–N with tert-alkyl or cyclic N) is 1. The van der Waals surface area contributed by atoms with Crippen LogP contribution in [-0.2, 0) is 17.9 Å². The molecule has 0 unspecified atom stereocenters. The largest absolute Gasteiger partial charge is 0.392 e. The van der Waals surface area contributed by atoms with Crippen molar-refractivity contribution >= 4 is 5.91 Å². The lowest BCUT2D eigenvalue weighted by atomic mass is 10.1. The second-order valence-corrected chi connectivity index (χ2v) is 7.12. The predicted octanol–water partition coefficient (Wildman–Crippen LogP) is 1.94. The van der Waals surface area contributed by atoms with Gasteiger partial charge in [0.1, 0.15) is 0 Å². The van der Waals surface area contributed by atoms with Gasteiger partial charge < -0.3 is 15.7 Å². The van der Waals surface area contributed by atoms with Crippen LogP contribution in [0.5, 0.6) is 0 Å². The minimum absolute atomic E-state index is 0.0913. The average molecular weight is 376 g/mol. The molecule has 144 valence electrons. The fourth-order valence-corrected chi connectivity index (χ4v) is 3.50. The summed E-state index contributed by atoms with van der Waals surface area (Å²) in [4.78, 5) is 12.4. The van der Waals surface area contributed by atoms with E-state index in [1.54, 1.807) is 0 Å². The smallest absolute Gasteiger partial charge is 0.237 e. The van der Waals surface area contributed by atoms with Crippen LogP contribution in [0, 0.1) is 0 Å². The number of aromatic nitrogens is 2. The first-order chi connectivity index (χ1) is 13.7. The fraction of sp³-hybridized carbons (Fsp3) is 0.273. The molecule has 0 radical (unpaired) electrons. The lowest BCUT2D eigenvalue weighted by molar-refractivity contribution is -0.123. The molecule has 2 heterocycles. The molecule has 0 saturated carbocycles. The van der Waals surface area contributed by atoms with E-state index in [-0.39, 0.29) is 11.9 Å². The van der Waals surface area contributed by atoms with Crippen LogP contribution in [0.3, 0.4) is 0 Å². The molecule has 28 heavy (non-hydrogen) atoms. The van der Waals surface area contributed by atoms with Crippen LogP contribution in [0.15, 0.2) is 66.9 Å². The molecule has 3 aromatic rings. The number of hydrogen-bond donors (Lipinski definition) is 3. The Morgan fingerprint density at radius 3 is 2.54 bits per heavy atom. The third-order valence-corrected chi connectivity index (χ3v) is 4.95. The van der Waals surface area contributed by atoms with Crippen molar-refractivity contribution in [2.45, 2.75) is 31.7 Å². The summed E-state index contributed by atoms with van der Waals surface area (Å²) in [6.07, 6.45) is 1.99. The molecule has 1 saturated heterocycles. The monoisotopic (exact) mass is 376 g/mol. The van der Waals surface area contributed by atoms with Crippen molar-refractivity contribution in [1.29, 1.82) is 0 Å². The van der Waals surface area contributed by atoms with Gasteiger partial charge in [-0.1, -0.05) is 60.7 Å². The molecule has 0 aliphatic carbocycles. The second kappa shape index (κ2) is 8.37. The summed E-state index contributed by atoms with van der Waals surface area (Å²) >= 11 is 0. The maximum Gasteiger partial charge on any atom is 0.237 e. The first-order valence-corrected chi connectivity index (χ1v) is 9.54. The number of amides is 1. The number of benzene rings is 2. The summed E-state index contributed by atoms with van der Waals surface area (Å²) in [7, 11) is 0. The van der Waals surface area contributed by atoms with E-state index in [1.807, 2.05) is 59.4 Å². The first-order valence-electron chi connectivity index (χ1n) is 9.54. The minimum atomic E-state index is -0.454. The minimum Gasteiger partial charge on any atom is -0.392 e. The molecule has 4 rings (SSSR count). The number of carbonyl (C=O) groups excluding carboxylic acids is 1. The zero-order chi connectivity index (χ0) is 19.3. The Hall–Kier alpha value is -2.96. The number of carbonyl (C=O) groups is 1. The van der Waals surface area contributed by atoms with Crippen LogP contribution >= 0.6 is 0 Å². The predicted molar refractivity (Wildman–Crippen MR) is 107 cm³/mol. The Balaban J connectivity index is 1.53. The van der Waals surface area contributed by atoms with Gasteiger partial charge in [0.05, 0.1) is 24.4 Å². The Bertz CT molecular complexity index is 924. The molecule has 0 spiro atoms. The molecule has 2 aromatic carbocycles. The lowest BCUT2D eigenvalue weighted by Crippen LogP contribution is -2.40. The summed E-state index contributed by atoms with van der Waals surface area (Å²) in [6.45, 7) is 1.53. The SMILES string of the molecule is O=C(NCc1cn(Cc2ccccc2)nc1-c1ccccc1)[C@H]1C[C@H](O)CN1. The van der Waals surface area contributed by atoms with Gasteiger partial charge in [-0.05, 0) is 12.0 Å². The topological polar surface area (TPSA) is 79.2 Å². The van der Waals surface area contributed by atoms with Gasteiger partial charge in [0.25, 0.3) is 0 Å². The van der Waals surface area contributed by atoms with Crippen molar-refractivity contribution < 1.29 is 9.90 Å². The van der Waals surface area contributed by atoms with E-state index in [0.717, 1.165) is 16.8 Å². The maximum absolute atomic E-state index is 12.4. The third-order valence-electron chi connectivity index (χ3n) is 4.95. The van der Waals surface area contributed by atoms with Crippen LogP contribution in [0.2, 0.25) is 0 Å². The molecular weight excluding hydrogens is 352 g/mol. The summed E-state index contributed by atoms with van der Waals surface area (Å²) < 4.78 is 1.91. The number of rotatable bonds is 6. The van der Waals surface area contributed by atoms with Gasteiger partial charge in [0.15, 0.2) is 0 Å². The second-order valence-electron chi connectivity index (χ2n) is 7.12. The molecule has 1 aliphatic rings. The number of nitrogens with one attached hydrogen (secondary N) is 2. The van der Waals surface area contributed by atoms with Crippen molar-refractivity contribution in [3.05, 3.63) is 78.0 Å². The Morgan fingerprint density at radius 1 is 1.14 bits per heavy atom. The van der Waals surface area contributed by atoms with E-state index in [2.05, 4.69) is 22.8 Å². The van der Waals surface area contributed by atoms with Gasteiger partial charge in [0.2, 0.25) is 5.91 Å². The van der Waals surface area contributed by atoms with Gasteiger partial charge in [-0.25, -0.2) is 0 Å². The molecule has 1 aromatic heterocycles. The number of hydrogen-bond acceptors (Lipinski definition) is 4. The highest BCUT2D eigenvalue weighted by Crippen LogP contribution is 2.22. The third kappa shape index (κ3) is 4.30. The van der Waals surface area contributed by atoms with Crippen molar-refractivity contribution in [2.24, 2.45) is 0 Å². The standard InChI is InChI=1S/C22H24N4O2/c27-19-11-20(23-13-19)22(28)24-12-18-15-26(14-16-7-3-1-4-8-16)25-21(18)17-9-5-2-6-10-17/h1-10,15,19-20,23,27H,11-14H2,(H,24,28)/t19-,20+/m0/s1. The van der Waals surface area contributed by atoms with Crippen LogP contribution in [0.4, 0.5) is 0 Å². The molecule has 1 fully saturated rings.